The first-order valence-corrected chi connectivity index (χ1v) is 5.71. The van der Waals surface area contributed by atoms with E-state index in [0.29, 0.717) is 38.5 Å². The summed E-state index contributed by atoms with van der Waals surface area (Å²) in [5, 5.41) is 22.8. The van der Waals surface area contributed by atoms with Crippen molar-refractivity contribution in [2.24, 2.45) is 5.92 Å². The fraction of sp³-hybridized carbons (Fsp3) is 1.00. The largest absolute Gasteiger partial charge is 0.392 e. The molecule has 0 aromatic rings. The predicted molar refractivity (Wildman–Crippen MR) is 58.7 cm³/mol. The molecule has 1 aliphatic rings. The molecule has 4 nitrogen and oxygen atoms in total. The fourth-order valence-electron chi connectivity index (χ4n) is 1.81. The maximum Gasteiger partial charge on any atom is 0.0927 e. The number of nitrogens with one attached hydrogen (secondary N) is 1. The van der Waals surface area contributed by atoms with Crippen LogP contribution in [0.2, 0.25) is 0 Å². The summed E-state index contributed by atoms with van der Waals surface area (Å²) in [6.45, 7) is 6.64. The van der Waals surface area contributed by atoms with Gasteiger partial charge >= 0.3 is 0 Å². The Morgan fingerprint density at radius 1 is 1.40 bits per heavy atom. The molecule has 4 heteroatoms. The number of hydrogen-bond donors (Lipinski definition) is 3. The van der Waals surface area contributed by atoms with Gasteiger partial charge in [-0.1, -0.05) is 13.8 Å². The van der Waals surface area contributed by atoms with Gasteiger partial charge in [0.25, 0.3) is 0 Å². The fourth-order valence-corrected chi connectivity index (χ4v) is 1.81. The summed E-state index contributed by atoms with van der Waals surface area (Å²) in [4.78, 5) is 0. The molecule has 0 saturated carbocycles. The summed E-state index contributed by atoms with van der Waals surface area (Å²) in [6, 6.07) is 0. The van der Waals surface area contributed by atoms with E-state index in [4.69, 9.17) is 4.74 Å². The van der Waals surface area contributed by atoms with E-state index in [1.807, 2.05) is 0 Å². The zero-order valence-electron chi connectivity index (χ0n) is 9.70. The molecular weight excluding hydrogens is 194 g/mol. The van der Waals surface area contributed by atoms with Gasteiger partial charge in [0.2, 0.25) is 0 Å². The third-order valence-electron chi connectivity index (χ3n) is 2.63. The summed E-state index contributed by atoms with van der Waals surface area (Å²) in [5.74, 6) is 0.579. The van der Waals surface area contributed by atoms with Gasteiger partial charge in [-0.15, -0.1) is 0 Å². The first-order chi connectivity index (χ1) is 7.02. The van der Waals surface area contributed by atoms with E-state index in [-0.39, 0.29) is 0 Å². The van der Waals surface area contributed by atoms with Crippen LogP contribution in [-0.2, 0) is 4.74 Å². The van der Waals surface area contributed by atoms with Crippen molar-refractivity contribution in [3.8, 4) is 0 Å². The van der Waals surface area contributed by atoms with E-state index in [1.165, 1.54) is 0 Å². The third-order valence-corrected chi connectivity index (χ3v) is 2.63. The van der Waals surface area contributed by atoms with Crippen molar-refractivity contribution in [3.05, 3.63) is 0 Å². The molecule has 90 valence electrons. The summed E-state index contributed by atoms with van der Waals surface area (Å²) in [7, 11) is 0. The predicted octanol–water partition coefficient (Wildman–Crippen LogP) is 0.134. The number of hydrogen-bond acceptors (Lipinski definition) is 4. The lowest BCUT2D eigenvalue weighted by atomic mass is 9.95. The number of aliphatic hydroxyl groups excluding tert-OH is 1. The first-order valence-electron chi connectivity index (χ1n) is 5.71. The highest BCUT2D eigenvalue weighted by Crippen LogP contribution is 2.23. The Kier molecular flexibility index (Phi) is 4.99. The lowest BCUT2D eigenvalue weighted by Gasteiger charge is -2.24. The van der Waals surface area contributed by atoms with Crippen LogP contribution in [0.3, 0.4) is 0 Å². The molecule has 3 N–H and O–H groups in total. The molecule has 1 rings (SSSR count). The van der Waals surface area contributed by atoms with Crippen molar-refractivity contribution in [1.82, 2.24) is 5.32 Å². The van der Waals surface area contributed by atoms with Gasteiger partial charge in [-0.25, -0.2) is 0 Å². The van der Waals surface area contributed by atoms with Gasteiger partial charge < -0.3 is 20.3 Å². The molecule has 0 amide bonds. The van der Waals surface area contributed by atoms with Crippen molar-refractivity contribution in [2.45, 2.75) is 38.4 Å². The van der Waals surface area contributed by atoms with E-state index in [2.05, 4.69) is 19.2 Å². The molecule has 0 spiro atoms. The molecule has 15 heavy (non-hydrogen) atoms. The minimum Gasteiger partial charge on any atom is -0.392 e. The van der Waals surface area contributed by atoms with Gasteiger partial charge in [0.15, 0.2) is 0 Å². The Morgan fingerprint density at radius 3 is 2.67 bits per heavy atom. The lowest BCUT2D eigenvalue weighted by Crippen LogP contribution is -2.38. The number of rotatable bonds is 6. The Bertz CT molecular complexity index is 179. The molecule has 1 aliphatic heterocycles. The maximum absolute atomic E-state index is 9.96. The van der Waals surface area contributed by atoms with Crippen molar-refractivity contribution < 1.29 is 14.9 Å². The van der Waals surface area contributed by atoms with Gasteiger partial charge in [0.05, 0.1) is 18.3 Å². The van der Waals surface area contributed by atoms with E-state index in [9.17, 15) is 10.2 Å². The van der Waals surface area contributed by atoms with E-state index < -0.39 is 11.7 Å². The molecule has 1 saturated heterocycles. The quantitative estimate of drug-likeness (QED) is 0.592. The summed E-state index contributed by atoms with van der Waals surface area (Å²) in [5.41, 5.74) is -0.807. The topological polar surface area (TPSA) is 61.7 Å². The van der Waals surface area contributed by atoms with E-state index in [0.717, 1.165) is 6.54 Å². The smallest absolute Gasteiger partial charge is 0.0927 e. The zero-order chi connectivity index (χ0) is 11.3. The van der Waals surface area contributed by atoms with Gasteiger partial charge in [0.1, 0.15) is 0 Å². The molecule has 0 aromatic carbocycles. The lowest BCUT2D eigenvalue weighted by molar-refractivity contribution is -0.0164. The van der Waals surface area contributed by atoms with Gasteiger partial charge in [0, 0.05) is 26.0 Å². The minimum absolute atomic E-state index is 0.355. The number of ether oxygens (including phenoxy) is 1. The van der Waals surface area contributed by atoms with Gasteiger partial charge in [-0.05, 0) is 12.5 Å². The summed E-state index contributed by atoms with van der Waals surface area (Å²) >= 11 is 0. The Hall–Kier alpha value is -0.160. The van der Waals surface area contributed by atoms with Crippen LogP contribution in [0.5, 0.6) is 0 Å². The second-order valence-corrected chi connectivity index (χ2v) is 4.94. The second kappa shape index (κ2) is 5.80. The van der Waals surface area contributed by atoms with Crippen LogP contribution < -0.4 is 5.32 Å². The average Bonchev–Trinajstić information content (AvgIpc) is 2.50. The molecular formula is C11H23NO3. The van der Waals surface area contributed by atoms with E-state index >= 15 is 0 Å². The second-order valence-electron chi connectivity index (χ2n) is 4.94. The zero-order valence-corrected chi connectivity index (χ0v) is 9.70. The molecule has 0 aliphatic carbocycles. The van der Waals surface area contributed by atoms with Crippen LogP contribution >= 0.6 is 0 Å². The third kappa shape index (κ3) is 4.93. The highest BCUT2D eigenvalue weighted by molar-refractivity contribution is 4.85. The number of aliphatic hydroxyl groups is 2. The molecule has 1 heterocycles. The first kappa shape index (κ1) is 12.9. The summed E-state index contributed by atoms with van der Waals surface area (Å²) in [6.07, 6.45) is 0.544. The van der Waals surface area contributed by atoms with Crippen LogP contribution in [0, 0.1) is 5.92 Å². The van der Waals surface area contributed by atoms with Crippen LogP contribution in [0.1, 0.15) is 26.7 Å². The Morgan fingerprint density at radius 2 is 2.13 bits per heavy atom. The molecule has 0 aromatic heterocycles. The van der Waals surface area contributed by atoms with Crippen LogP contribution in [0.15, 0.2) is 0 Å². The van der Waals surface area contributed by atoms with Crippen molar-refractivity contribution in [3.63, 3.8) is 0 Å². The molecule has 2 atom stereocenters. The minimum atomic E-state index is -0.807. The maximum atomic E-state index is 9.96. The van der Waals surface area contributed by atoms with Crippen LogP contribution in [-0.4, -0.2) is 48.2 Å². The van der Waals surface area contributed by atoms with Gasteiger partial charge in [-0.2, -0.15) is 0 Å². The van der Waals surface area contributed by atoms with Crippen molar-refractivity contribution in [1.29, 1.82) is 0 Å². The molecule has 2 unspecified atom stereocenters. The molecule has 0 radical (unpaired) electrons. The molecule has 0 bridgehead atoms. The highest BCUT2D eigenvalue weighted by atomic mass is 16.5. The SMILES string of the molecule is CC(C)CNCC(O)CC1(O)CCOC1. The van der Waals surface area contributed by atoms with E-state index in [1.54, 1.807) is 0 Å². The normalized spacial score (nSPS) is 28.6. The summed E-state index contributed by atoms with van der Waals surface area (Å²) < 4.78 is 5.12. The van der Waals surface area contributed by atoms with Crippen molar-refractivity contribution >= 4 is 0 Å². The van der Waals surface area contributed by atoms with Crippen LogP contribution in [0.4, 0.5) is 0 Å². The Balaban J connectivity index is 2.14. The standard InChI is InChI=1S/C11H23NO3/c1-9(2)6-12-7-10(13)5-11(14)3-4-15-8-11/h9-10,12-14H,3-8H2,1-2H3. The van der Waals surface area contributed by atoms with Crippen LogP contribution in [0.25, 0.3) is 0 Å². The highest BCUT2D eigenvalue weighted by Gasteiger charge is 2.34. The Labute approximate surface area is 91.6 Å². The monoisotopic (exact) mass is 217 g/mol. The molecule has 1 fully saturated rings. The van der Waals surface area contributed by atoms with Crippen molar-refractivity contribution in [2.75, 3.05) is 26.3 Å². The van der Waals surface area contributed by atoms with Gasteiger partial charge in [-0.3, -0.25) is 0 Å². The average molecular weight is 217 g/mol.